The molecule has 21 heavy (non-hydrogen) atoms. The van der Waals surface area contributed by atoms with E-state index in [9.17, 15) is 4.79 Å². The lowest BCUT2D eigenvalue weighted by Gasteiger charge is -2.37. The van der Waals surface area contributed by atoms with Crippen LogP contribution in [0.2, 0.25) is 0 Å². The zero-order chi connectivity index (χ0) is 15.3. The van der Waals surface area contributed by atoms with Crippen LogP contribution < -0.4 is 10.6 Å². The average Bonchev–Trinajstić information content (AvgIpc) is 2.49. The molecule has 1 aromatic rings. The second kappa shape index (κ2) is 7.41. The van der Waals surface area contributed by atoms with Crippen molar-refractivity contribution < 1.29 is 4.79 Å². The topological polar surface area (TPSA) is 41.1 Å². The molecular formula is C17H25BrN2O. The van der Waals surface area contributed by atoms with Gasteiger partial charge in [0.1, 0.15) is 0 Å². The molecule has 4 heteroatoms. The van der Waals surface area contributed by atoms with E-state index in [-0.39, 0.29) is 17.4 Å². The minimum atomic E-state index is -0.226. The van der Waals surface area contributed by atoms with Crippen LogP contribution in [0, 0.1) is 5.41 Å². The zero-order valence-corrected chi connectivity index (χ0v) is 14.5. The maximum Gasteiger partial charge on any atom is 0.227 e. The molecule has 2 rings (SSSR count). The molecule has 0 bridgehead atoms. The van der Waals surface area contributed by atoms with Gasteiger partial charge in [0.15, 0.2) is 0 Å². The third kappa shape index (κ3) is 4.07. The van der Waals surface area contributed by atoms with Gasteiger partial charge >= 0.3 is 0 Å². The Balaban J connectivity index is 2.05. The van der Waals surface area contributed by atoms with Gasteiger partial charge in [-0.3, -0.25) is 4.79 Å². The molecule has 1 amide bonds. The summed E-state index contributed by atoms with van der Waals surface area (Å²) in [4.78, 5) is 12.8. The molecule has 1 aromatic carbocycles. The maximum absolute atomic E-state index is 12.8. The third-order valence-electron chi connectivity index (χ3n) is 4.40. The molecule has 1 fully saturated rings. The Morgan fingerprint density at radius 1 is 1.43 bits per heavy atom. The highest BCUT2D eigenvalue weighted by Gasteiger charge is 2.39. The number of benzene rings is 1. The van der Waals surface area contributed by atoms with Crippen molar-refractivity contribution in [1.82, 2.24) is 10.6 Å². The molecule has 3 nitrogen and oxygen atoms in total. The molecule has 116 valence electrons. The van der Waals surface area contributed by atoms with E-state index in [4.69, 9.17) is 0 Å². The number of carbonyl (C=O) groups is 1. The van der Waals surface area contributed by atoms with Crippen LogP contribution in [0.5, 0.6) is 0 Å². The van der Waals surface area contributed by atoms with Crippen LogP contribution in [0.1, 0.15) is 51.1 Å². The second-order valence-corrected chi connectivity index (χ2v) is 6.97. The molecule has 1 aliphatic heterocycles. The standard InChI is InChI=1S/C17H25BrN2O/c1-3-9-17(10-4-11-19-12-17)16(21)20-13(2)14-5-7-15(18)8-6-14/h5-8,13,19H,3-4,9-12H2,1-2H3,(H,20,21)/t13-,17?/m1/s1. The lowest BCUT2D eigenvalue weighted by atomic mass is 9.76. The molecule has 0 aliphatic carbocycles. The van der Waals surface area contributed by atoms with Gasteiger partial charge < -0.3 is 10.6 Å². The van der Waals surface area contributed by atoms with Crippen molar-refractivity contribution >= 4 is 21.8 Å². The lowest BCUT2D eigenvalue weighted by molar-refractivity contribution is -0.133. The number of rotatable bonds is 5. The molecule has 2 atom stereocenters. The highest BCUT2D eigenvalue weighted by Crippen LogP contribution is 2.32. The van der Waals surface area contributed by atoms with Crippen LogP contribution in [-0.2, 0) is 4.79 Å². The van der Waals surface area contributed by atoms with E-state index in [1.807, 2.05) is 12.1 Å². The molecule has 1 unspecified atom stereocenters. The minimum Gasteiger partial charge on any atom is -0.349 e. The number of piperidine rings is 1. The van der Waals surface area contributed by atoms with Gasteiger partial charge in [-0.2, -0.15) is 0 Å². The number of hydrogen-bond donors (Lipinski definition) is 2. The van der Waals surface area contributed by atoms with Crippen molar-refractivity contribution in [3.8, 4) is 0 Å². The predicted octanol–water partition coefficient (Wildman–Crippen LogP) is 3.80. The van der Waals surface area contributed by atoms with Crippen LogP contribution in [0.4, 0.5) is 0 Å². The highest BCUT2D eigenvalue weighted by molar-refractivity contribution is 9.10. The van der Waals surface area contributed by atoms with Crippen molar-refractivity contribution in [3.05, 3.63) is 34.3 Å². The number of halogens is 1. The lowest BCUT2D eigenvalue weighted by Crippen LogP contribution is -2.50. The summed E-state index contributed by atoms with van der Waals surface area (Å²) in [5, 5.41) is 6.61. The molecular weight excluding hydrogens is 328 g/mol. The molecule has 0 spiro atoms. The summed E-state index contributed by atoms with van der Waals surface area (Å²) in [7, 11) is 0. The van der Waals surface area contributed by atoms with E-state index < -0.39 is 0 Å². The fourth-order valence-electron chi connectivity index (χ4n) is 3.15. The van der Waals surface area contributed by atoms with Crippen molar-refractivity contribution in [2.75, 3.05) is 13.1 Å². The Morgan fingerprint density at radius 2 is 2.14 bits per heavy atom. The van der Waals surface area contributed by atoms with E-state index in [1.165, 1.54) is 0 Å². The summed E-state index contributed by atoms with van der Waals surface area (Å²) in [6.07, 6.45) is 4.08. The summed E-state index contributed by atoms with van der Waals surface area (Å²) in [5.74, 6) is 0.201. The van der Waals surface area contributed by atoms with Gasteiger partial charge in [0.2, 0.25) is 5.91 Å². The van der Waals surface area contributed by atoms with Crippen LogP contribution in [-0.4, -0.2) is 19.0 Å². The Morgan fingerprint density at radius 3 is 2.71 bits per heavy atom. The minimum absolute atomic E-state index is 0.0428. The van der Waals surface area contributed by atoms with E-state index in [0.717, 1.165) is 48.8 Å². The first-order valence-electron chi connectivity index (χ1n) is 7.84. The smallest absolute Gasteiger partial charge is 0.227 e. The molecule has 1 aliphatic rings. The molecule has 0 aromatic heterocycles. The van der Waals surface area contributed by atoms with E-state index in [1.54, 1.807) is 0 Å². The Bertz CT molecular complexity index is 461. The van der Waals surface area contributed by atoms with Crippen molar-refractivity contribution in [2.24, 2.45) is 5.41 Å². The van der Waals surface area contributed by atoms with Crippen molar-refractivity contribution in [1.29, 1.82) is 0 Å². The first kappa shape index (κ1) is 16.5. The van der Waals surface area contributed by atoms with Crippen molar-refractivity contribution in [2.45, 2.75) is 45.6 Å². The largest absolute Gasteiger partial charge is 0.349 e. The van der Waals surface area contributed by atoms with E-state index >= 15 is 0 Å². The third-order valence-corrected chi connectivity index (χ3v) is 4.93. The Labute approximate surface area is 136 Å². The predicted molar refractivity (Wildman–Crippen MR) is 90.1 cm³/mol. The van der Waals surface area contributed by atoms with Gasteiger partial charge in [0.05, 0.1) is 11.5 Å². The quantitative estimate of drug-likeness (QED) is 0.846. The fourth-order valence-corrected chi connectivity index (χ4v) is 3.42. The monoisotopic (exact) mass is 352 g/mol. The van der Waals surface area contributed by atoms with Crippen molar-refractivity contribution in [3.63, 3.8) is 0 Å². The van der Waals surface area contributed by atoms with Crippen LogP contribution in [0.15, 0.2) is 28.7 Å². The first-order chi connectivity index (χ1) is 10.1. The molecule has 0 saturated carbocycles. The molecule has 1 heterocycles. The fraction of sp³-hybridized carbons (Fsp3) is 0.588. The first-order valence-corrected chi connectivity index (χ1v) is 8.64. The zero-order valence-electron chi connectivity index (χ0n) is 12.9. The number of carbonyl (C=O) groups excluding carboxylic acids is 1. The van der Waals surface area contributed by atoms with Gasteiger partial charge in [-0.15, -0.1) is 0 Å². The number of nitrogens with one attached hydrogen (secondary N) is 2. The van der Waals surface area contributed by atoms with Gasteiger partial charge in [0.25, 0.3) is 0 Å². The molecule has 1 saturated heterocycles. The van der Waals surface area contributed by atoms with E-state index in [0.29, 0.717) is 0 Å². The second-order valence-electron chi connectivity index (χ2n) is 6.06. The summed E-state index contributed by atoms with van der Waals surface area (Å²) in [5.41, 5.74) is 0.915. The van der Waals surface area contributed by atoms with Gasteiger partial charge in [-0.25, -0.2) is 0 Å². The van der Waals surface area contributed by atoms with Crippen LogP contribution in [0.3, 0.4) is 0 Å². The summed E-state index contributed by atoms with van der Waals surface area (Å²) in [6.45, 7) is 6.04. The van der Waals surface area contributed by atoms with E-state index in [2.05, 4.69) is 52.5 Å². The van der Waals surface area contributed by atoms with Gasteiger partial charge in [-0.1, -0.05) is 41.4 Å². The summed E-state index contributed by atoms with van der Waals surface area (Å²) >= 11 is 3.44. The molecule has 0 radical (unpaired) electrons. The summed E-state index contributed by atoms with van der Waals surface area (Å²) in [6, 6.07) is 8.19. The van der Waals surface area contributed by atoms with Crippen LogP contribution in [0.25, 0.3) is 0 Å². The normalized spacial score (nSPS) is 23.6. The Kier molecular flexibility index (Phi) is 5.82. The maximum atomic E-state index is 12.8. The highest BCUT2D eigenvalue weighted by atomic mass is 79.9. The van der Waals surface area contributed by atoms with Gasteiger partial charge in [0, 0.05) is 11.0 Å². The number of amides is 1. The van der Waals surface area contributed by atoms with Gasteiger partial charge in [-0.05, 0) is 50.4 Å². The summed E-state index contributed by atoms with van der Waals surface area (Å²) < 4.78 is 1.06. The average molecular weight is 353 g/mol. The molecule has 2 N–H and O–H groups in total. The van der Waals surface area contributed by atoms with Crippen LogP contribution >= 0.6 is 15.9 Å². The SMILES string of the molecule is CCCC1(C(=O)N[C@H](C)c2ccc(Br)cc2)CCCNC1. The number of hydrogen-bond acceptors (Lipinski definition) is 2. The Hall–Kier alpha value is -0.870.